The lowest BCUT2D eigenvalue weighted by molar-refractivity contribution is 0.0519. The highest BCUT2D eigenvalue weighted by Gasteiger charge is 2.16. The van der Waals surface area contributed by atoms with Gasteiger partial charge < -0.3 is 9.47 Å². The molecule has 0 aliphatic carbocycles. The summed E-state index contributed by atoms with van der Waals surface area (Å²) in [5.41, 5.74) is 1.16. The molecule has 0 radical (unpaired) electrons. The van der Waals surface area contributed by atoms with Crippen LogP contribution in [0.3, 0.4) is 0 Å². The van der Waals surface area contributed by atoms with Crippen molar-refractivity contribution in [3.63, 3.8) is 0 Å². The zero-order valence-electron chi connectivity index (χ0n) is 9.60. The number of hydrogen-bond donors (Lipinski definition) is 0. The Morgan fingerprint density at radius 3 is 3.06 bits per heavy atom. The van der Waals surface area contributed by atoms with Gasteiger partial charge in [0.25, 0.3) is 0 Å². The number of nitrogens with zero attached hydrogens (tertiary/aromatic N) is 2. The van der Waals surface area contributed by atoms with Gasteiger partial charge in [0, 0.05) is 7.05 Å². The Hall–Kier alpha value is -1.62. The molecule has 1 rings (SSSR count). The van der Waals surface area contributed by atoms with Crippen LogP contribution in [0.25, 0.3) is 0 Å². The molecule has 1 aromatic rings. The van der Waals surface area contributed by atoms with Crippen LogP contribution in [0.1, 0.15) is 23.0 Å². The van der Waals surface area contributed by atoms with E-state index in [2.05, 4.69) is 11.7 Å². The number of carbonyl (C=O) groups is 1. The van der Waals surface area contributed by atoms with Crippen molar-refractivity contribution in [3.05, 3.63) is 30.1 Å². The highest BCUT2D eigenvalue weighted by molar-refractivity contribution is 5.90. The molecule has 16 heavy (non-hydrogen) atoms. The van der Waals surface area contributed by atoms with Crippen molar-refractivity contribution < 1.29 is 14.3 Å². The number of aromatic nitrogens is 2. The molecule has 0 atom stereocenters. The van der Waals surface area contributed by atoms with Gasteiger partial charge in [0.15, 0.2) is 0 Å². The minimum absolute atomic E-state index is 0.316. The Kier molecular flexibility index (Phi) is 4.72. The van der Waals surface area contributed by atoms with Crippen LogP contribution >= 0.6 is 0 Å². The number of aryl methyl sites for hydroxylation is 1. The van der Waals surface area contributed by atoms with Crippen LogP contribution in [0.15, 0.2) is 18.9 Å². The average Bonchev–Trinajstić information content (AvgIpc) is 2.61. The van der Waals surface area contributed by atoms with Crippen LogP contribution in [0.2, 0.25) is 0 Å². The number of rotatable bonds is 6. The van der Waals surface area contributed by atoms with Crippen LogP contribution in [-0.4, -0.2) is 29.0 Å². The van der Waals surface area contributed by atoms with Gasteiger partial charge in [-0.2, -0.15) is 5.10 Å². The summed E-state index contributed by atoms with van der Waals surface area (Å²) in [4.78, 5) is 11.6. The lowest BCUT2D eigenvalue weighted by atomic mass is 10.2. The highest BCUT2D eigenvalue weighted by atomic mass is 16.5. The van der Waals surface area contributed by atoms with Crippen molar-refractivity contribution in [1.82, 2.24) is 9.78 Å². The molecule has 0 aromatic carbocycles. The molecular formula is C11H16N2O3. The van der Waals surface area contributed by atoms with Gasteiger partial charge >= 0.3 is 5.97 Å². The molecule has 0 fully saturated rings. The first-order valence-corrected chi connectivity index (χ1v) is 5.07. The molecule has 0 spiro atoms. The van der Waals surface area contributed by atoms with E-state index in [0.29, 0.717) is 31.1 Å². The van der Waals surface area contributed by atoms with Crippen LogP contribution in [0.5, 0.6) is 0 Å². The van der Waals surface area contributed by atoms with Crippen molar-refractivity contribution in [2.45, 2.75) is 13.5 Å². The van der Waals surface area contributed by atoms with Crippen LogP contribution in [0, 0.1) is 0 Å². The molecular weight excluding hydrogens is 208 g/mol. The number of ether oxygens (including phenoxy) is 2. The molecule has 0 saturated carbocycles. The van der Waals surface area contributed by atoms with Crippen molar-refractivity contribution in [1.29, 1.82) is 0 Å². The number of carbonyl (C=O) groups excluding carboxylic acids is 1. The minimum atomic E-state index is -0.368. The SMILES string of the molecule is C=CCOCc1c(C(=O)OCC)cnn1C. The normalized spacial score (nSPS) is 10.1. The van der Waals surface area contributed by atoms with E-state index in [1.807, 2.05) is 0 Å². The molecule has 0 unspecified atom stereocenters. The van der Waals surface area contributed by atoms with Gasteiger partial charge in [-0.15, -0.1) is 6.58 Å². The van der Waals surface area contributed by atoms with Gasteiger partial charge in [0.1, 0.15) is 5.56 Å². The van der Waals surface area contributed by atoms with E-state index in [1.54, 1.807) is 24.7 Å². The third-order valence-electron chi connectivity index (χ3n) is 2.03. The van der Waals surface area contributed by atoms with Gasteiger partial charge in [0.2, 0.25) is 0 Å². The molecule has 0 saturated heterocycles. The second kappa shape index (κ2) is 6.07. The van der Waals surface area contributed by atoms with Crippen molar-refractivity contribution in [2.24, 2.45) is 7.05 Å². The predicted octanol–water partition coefficient (Wildman–Crippen LogP) is 1.30. The second-order valence-corrected chi connectivity index (χ2v) is 3.15. The van der Waals surface area contributed by atoms with Gasteiger partial charge in [0.05, 0.1) is 31.7 Å². The van der Waals surface area contributed by atoms with Gasteiger partial charge in [-0.3, -0.25) is 4.68 Å². The fourth-order valence-electron chi connectivity index (χ4n) is 1.25. The monoisotopic (exact) mass is 224 g/mol. The summed E-state index contributed by atoms with van der Waals surface area (Å²) in [6, 6.07) is 0. The molecule has 88 valence electrons. The van der Waals surface area contributed by atoms with Crippen molar-refractivity contribution >= 4 is 5.97 Å². The summed E-state index contributed by atoms with van der Waals surface area (Å²) in [5, 5.41) is 4.01. The van der Waals surface area contributed by atoms with Crippen molar-refractivity contribution in [2.75, 3.05) is 13.2 Å². The fourth-order valence-corrected chi connectivity index (χ4v) is 1.25. The summed E-state index contributed by atoms with van der Waals surface area (Å²) in [5.74, 6) is -0.368. The predicted molar refractivity (Wildman–Crippen MR) is 59.0 cm³/mol. The van der Waals surface area contributed by atoms with Crippen LogP contribution in [-0.2, 0) is 23.1 Å². The maximum absolute atomic E-state index is 11.6. The molecule has 0 aliphatic rings. The molecule has 0 bridgehead atoms. The standard InChI is InChI=1S/C11H16N2O3/c1-4-6-15-8-10-9(7-12-13(10)3)11(14)16-5-2/h4,7H,1,5-6,8H2,2-3H3. The van der Waals surface area contributed by atoms with Gasteiger partial charge in [-0.1, -0.05) is 6.08 Å². The maximum Gasteiger partial charge on any atom is 0.341 e. The average molecular weight is 224 g/mol. The van der Waals surface area contributed by atoms with E-state index in [0.717, 1.165) is 0 Å². The molecule has 0 aliphatic heterocycles. The fraction of sp³-hybridized carbons (Fsp3) is 0.455. The Morgan fingerprint density at radius 2 is 2.44 bits per heavy atom. The van der Waals surface area contributed by atoms with E-state index < -0.39 is 0 Å². The van der Waals surface area contributed by atoms with E-state index in [1.165, 1.54) is 6.20 Å². The van der Waals surface area contributed by atoms with Crippen LogP contribution < -0.4 is 0 Å². The topological polar surface area (TPSA) is 53.4 Å². The van der Waals surface area contributed by atoms with Gasteiger partial charge in [-0.05, 0) is 6.92 Å². The minimum Gasteiger partial charge on any atom is -0.462 e. The zero-order valence-corrected chi connectivity index (χ0v) is 9.60. The highest BCUT2D eigenvalue weighted by Crippen LogP contribution is 2.10. The Morgan fingerprint density at radius 1 is 1.69 bits per heavy atom. The molecule has 5 nitrogen and oxygen atoms in total. The summed E-state index contributed by atoms with van der Waals surface area (Å²) in [6.07, 6.45) is 3.14. The molecule has 0 N–H and O–H groups in total. The van der Waals surface area contributed by atoms with E-state index in [4.69, 9.17) is 9.47 Å². The molecule has 1 heterocycles. The summed E-state index contributed by atoms with van der Waals surface area (Å²) < 4.78 is 11.8. The molecule has 0 amide bonds. The van der Waals surface area contributed by atoms with E-state index in [-0.39, 0.29) is 5.97 Å². The Bertz CT molecular complexity index is 371. The summed E-state index contributed by atoms with van der Waals surface area (Å²) in [7, 11) is 1.76. The van der Waals surface area contributed by atoms with Crippen LogP contribution in [0.4, 0.5) is 0 Å². The largest absolute Gasteiger partial charge is 0.462 e. The third-order valence-corrected chi connectivity index (χ3v) is 2.03. The smallest absolute Gasteiger partial charge is 0.341 e. The van der Waals surface area contributed by atoms with E-state index >= 15 is 0 Å². The molecule has 1 aromatic heterocycles. The second-order valence-electron chi connectivity index (χ2n) is 3.15. The Balaban J connectivity index is 2.76. The third kappa shape index (κ3) is 2.93. The first kappa shape index (κ1) is 12.4. The van der Waals surface area contributed by atoms with Crippen molar-refractivity contribution in [3.8, 4) is 0 Å². The Labute approximate surface area is 94.7 Å². The number of hydrogen-bond acceptors (Lipinski definition) is 4. The quantitative estimate of drug-likeness (QED) is 0.415. The summed E-state index contributed by atoms with van der Waals surface area (Å²) >= 11 is 0. The lowest BCUT2D eigenvalue weighted by Gasteiger charge is -2.05. The first-order chi connectivity index (χ1) is 7.70. The summed E-state index contributed by atoms with van der Waals surface area (Å²) in [6.45, 7) is 6.42. The lowest BCUT2D eigenvalue weighted by Crippen LogP contribution is -2.10. The van der Waals surface area contributed by atoms with Gasteiger partial charge in [-0.25, -0.2) is 4.79 Å². The maximum atomic E-state index is 11.6. The molecule has 5 heteroatoms. The van der Waals surface area contributed by atoms with E-state index in [9.17, 15) is 4.79 Å². The first-order valence-electron chi connectivity index (χ1n) is 5.07. The number of esters is 1. The zero-order chi connectivity index (χ0) is 12.0.